The maximum absolute atomic E-state index is 12.5. The largest absolute Gasteiger partial charge is 0.376 e. The number of benzene rings is 1. The predicted octanol–water partition coefficient (Wildman–Crippen LogP) is 2.24. The van der Waals surface area contributed by atoms with Crippen molar-refractivity contribution in [2.24, 2.45) is 5.92 Å². The molecule has 3 rings (SSSR count). The van der Waals surface area contributed by atoms with Gasteiger partial charge in [0.1, 0.15) is 0 Å². The lowest BCUT2D eigenvalue weighted by atomic mass is 10.1. The first-order chi connectivity index (χ1) is 12.0. The molecule has 1 atom stereocenters. The van der Waals surface area contributed by atoms with Crippen molar-refractivity contribution >= 4 is 17.7 Å². The number of carbonyl (C=O) groups excluding carboxylic acids is 3. The zero-order valence-electron chi connectivity index (χ0n) is 14.7. The molecule has 1 aromatic carbocycles. The second-order valence-corrected chi connectivity index (χ2v) is 7.05. The molecule has 2 aliphatic heterocycles. The van der Waals surface area contributed by atoms with Gasteiger partial charge >= 0.3 is 0 Å². The van der Waals surface area contributed by atoms with E-state index in [-0.39, 0.29) is 23.8 Å². The lowest BCUT2D eigenvalue weighted by molar-refractivity contribution is 0.0647. The van der Waals surface area contributed by atoms with Crippen LogP contribution >= 0.6 is 0 Å². The van der Waals surface area contributed by atoms with Crippen molar-refractivity contribution < 1.29 is 19.1 Å². The molecule has 6 nitrogen and oxygen atoms in total. The van der Waals surface area contributed by atoms with E-state index >= 15 is 0 Å². The molecule has 1 N–H and O–H groups in total. The molecule has 3 amide bonds. The van der Waals surface area contributed by atoms with Crippen LogP contribution in [0, 0.1) is 5.92 Å². The highest BCUT2D eigenvalue weighted by atomic mass is 16.5. The van der Waals surface area contributed by atoms with E-state index in [1.54, 1.807) is 12.1 Å². The maximum Gasteiger partial charge on any atom is 0.261 e. The van der Waals surface area contributed by atoms with E-state index in [0.717, 1.165) is 25.9 Å². The smallest absolute Gasteiger partial charge is 0.261 e. The summed E-state index contributed by atoms with van der Waals surface area (Å²) >= 11 is 0. The summed E-state index contributed by atoms with van der Waals surface area (Å²) in [6.45, 7) is 5.71. The van der Waals surface area contributed by atoms with Crippen LogP contribution in [0.4, 0.5) is 0 Å². The highest BCUT2D eigenvalue weighted by Crippen LogP contribution is 2.25. The fourth-order valence-corrected chi connectivity index (χ4v) is 3.14. The van der Waals surface area contributed by atoms with Crippen molar-refractivity contribution in [3.8, 4) is 0 Å². The number of carbonyl (C=O) groups is 3. The van der Waals surface area contributed by atoms with Crippen LogP contribution in [0.2, 0.25) is 0 Å². The summed E-state index contributed by atoms with van der Waals surface area (Å²) in [6.07, 6.45) is 2.79. The second kappa shape index (κ2) is 7.35. The average molecular weight is 344 g/mol. The third-order valence-corrected chi connectivity index (χ3v) is 4.68. The minimum atomic E-state index is -0.311. The van der Waals surface area contributed by atoms with Gasteiger partial charge in [-0.3, -0.25) is 19.3 Å². The number of imide groups is 1. The summed E-state index contributed by atoms with van der Waals surface area (Å²) in [5.74, 6) is -0.427. The van der Waals surface area contributed by atoms with Crippen LogP contribution in [0.3, 0.4) is 0 Å². The van der Waals surface area contributed by atoms with E-state index in [2.05, 4.69) is 19.2 Å². The van der Waals surface area contributed by atoms with Crippen molar-refractivity contribution in [3.63, 3.8) is 0 Å². The second-order valence-electron chi connectivity index (χ2n) is 7.05. The fraction of sp³-hybridized carbons (Fsp3) is 0.526. The summed E-state index contributed by atoms with van der Waals surface area (Å²) < 4.78 is 5.48. The SMILES string of the molecule is CC(C)CCN1C(=O)c2ccc(C(=O)NC[C@@H]3CCCO3)cc2C1=O. The van der Waals surface area contributed by atoms with E-state index in [4.69, 9.17) is 4.74 Å². The van der Waals surface area contributed by atoms with Crippen molar-refractivity contribution in [3.05, 3.63) is 34.9 Å². The minimum Gasteiger partial charge on any atom is -0.376 e. The molecule has 2 aliphatic rings. The van der Waals surface area contributed by atoms with Crippen LogP contribution in [-0.4, -0.2) is 48.4 Å². The van der Waals surface area contributed by atoms with Gasteiger partial charge in [-0.25, -0.2) is 0 Å². The normalized spacial score (nSPS) is 19.6. The number of fused-ring (bicyclic) bond motifs is 1. The molecular formula is C19H24N2O4. The van der Waals surface area contributed by atoms with Crippen LogP contribution in [0.15, 0.2) is 18.2 Å². The van der Waals surface area contributed by atoms with E-state index < -0.39 is 0 Å². The number of ether oxygens (including phenoxy) is 1. The van der Waals surface area contributed by atoms with E-state index in [0.29, 0.717) is 35.7 Å². The van der Waals surface area contributed by atoms with Gasteiger partial charge < -0.3 is 10.1 Å². The Kier molecular flexibility index (Phi) is 5.18. The van der Waals surface area contributed by atoms with Crippen LogP contribution in [0.25, 0.3) is 0 Å². The first kappa shape index (κ1) is 17.6. The molecule has 6 heteroatoms. The Bertz CT molecular complexity index is 693. The van der Waals surface area contributed by atoms with E-state index in [1.807, 2.05) is 0 Å². The van der Waals surface area contributed by atoms with Gasteiger partial charge in [0.15, 0.2) is 0 Å². The molecular weight excluding hydrogens is 320 g/mol. The molecule has 0 unspecified atom stereocenters. The monoisotopic (exact) mass is 344 g/mol. The number of rotatable bonds is 6. The Morgan fingerprint density at radius 1 is 1.28 bits per heavy atom. The Morgan fingerprint density at radius 3 is 2.72 bits per heavy atom. The average Bonchev–Trinajstić information content (AvgIpc) is 3.19. The molecule has 2 heterocycles. The standard InChI is InChI=1S/C19H24N2O4/c1-12(2)7-8-21-18(23)15-6-5-13(10-16(15)19(21)24)17(22)20-11-14-4-3-9-25-14/h5-6,10,12,14H,3-4,7-9,11H2,1-2H3,(H,20,22)/t14-/m0/s1. The highest BCUT2D eigenvalue weighted by molar-refractivity contribution is 6.22. The third kappa shape index (κ3) is 3.74. The Balaban J connectivity index is 1.69. The lowest BCUT2D eigenvalue weighted by Gasteiger charge is -2.14. The molecule has 25 heavy (non-hydrogen) atoms. The molecule has 1 fully saturated rings. The molecule has 0 spiro atoms. The zero-order chi connectivity index (χ0) is 18.0. The zero-order valence-corrected chi connectivity index (χ0v) is 14.7. The van der Waals surface area contributed by atoms with Crippen LogP contribution in [-0.2, 0) is 4.74 Å². The summed E-state index contributed by atoms with van der Waals surface area (Å²) in [7, 11) is 0. The molecule has 134 valence electrons. The summed E-state index contributed by atoms with van der Waals surface area (Å²) in [4.78, 5) is 38.5. The Labute approximate surface area is 147 Å². The van der Waals surface area contributed by atoms with Crippen LogP contribution in [0.5, 0.6) is 0 Å². The van der Waals surface area contributed by atoms with Gasteiger partial charge in [-0.15, -0.1) is 0 Å². The molecule has 0 radical (unpaired) electrons. The topological polar surface area (TPSA) is 75.7 Å². The van der Waals surface area contributed by atoms with Gasteiger partial charge in [0.05, 0.1) is 17.2 Å². The maximum atomic E-state index is 12.5. The summed E-state index contributed by atoms with van der Waals surface area (Å²) in [5.41, 5.74) is 1.09. The molecule has 0 bridgehead atoms. The van der Waals surface area contributed by atoms with Gasteiger partial charge in [0.25, 0.3) is 17.7 Å². The number of hydrogen-bond acceptors (Lipinski definition) is 4. The quantitative estimate of drug-likeness (QED) is 0.803. The molecule has 1 aromatic rings. The molecule has 1 saturated heterocycles. The highest BCUT2D eigenvalue weighted by Gasteiger charge is 2.35. The third-order valence-electron chi connectivity index (χ3n) is 4.68. The lowest BCUT2D eigenvalue weighted by Crippen LogP contribution is -2.32. The summed E-state index contributed by atoms with van der Waals surface area (Å²) in [6, 6.07) is 4.70. The van der Waals surface area contributed by atoms with Crippen molar-refractivity contribution in [2.75, 3.05) is 19.7 Å². The first-order valence-corrected chi connectivity index (χ1v) is 8.87. The number of hydrogen-bond donors (Lipinski definition) is 1. The molecule has 0 saturated carbocycles. The van der Waals surface area contributed by atoms with Gasteiger partial charge in [-0.2, -0.15) is 0 Å². The summed E-state index contributed by atoms with van der Waals surface area (Å²) in [5, 5.41) is 2.84. The predicted molar refractivity (Wildman–Crippen MR) is 92.6 cm³/mol. The molecule has 0 aliphatic carbocycles. The van der Waals surface area contributed by atoms with Crippen molar-refractivity contribution in [1.82, 2.24) is 10.2 Å². The number of nitrogens with one attached hydrogen (secondary N) is 1. The van der Waals surface area contributed by atoms with Gasteiger partial charge in [0.2, 0.25) is 0 Å². The number of amides is 3. The van der Waals surface area contributed by atoms with Gasteiger partial charge in [-0.05, 0) is 43.4 Å². The van der Waals surface area contributed by atoms with Crippen LogP contribution in [0.1, 0.15) is 64.2 Å². The van der Waals surface area contributed by atoms with Crippen molar-refractivity contribution in [1.29, 1.82) is 0 Å². The Morgan fingerprint density at radius 2 is 2.04 bits per heavy atom. The van der Waals surface area contributed by atoms with Gasteiger partial charge in [0, 0.05) is 25.3 Å². The minimum absolute atomic E-state index is 0.0631. The molecule has 0 aromatic heterocycles. The van der Waals surface area contributed by atoms with Crippen molar-refractivity contribution in [2.45, 2.75) is 39.2 Å². The van der Waals surface area contributed by atoms with Gasteiger partial charge in [-0.1, -0.05) is 13.8 Å². The first-order valence-electron chi connectivity index (χ1n) is 8.87. The number of nitrogens with zero attached hydrogens (tertiary/aromatic N) is 1. The fourth-order valence-electron chi connectivity index (χ4n) is 3.14. The Hall–Kier alpha value is -2.21. The van der Waals surface area contributed by atoms with Crippen LogP contribution < -0.4 is 5.32 Å². The van der Waals surface area contributed by atoms with E-state index in [1.165, 1.54) is 11.0 Å². The van der Waals surface area contributed by atoms with E-state index in [9.17, 15) is 14.4 Å².